The van der Waals surface area contributed by atoms with Gasteiger partial charge in [-0.3, -0.25) is 0 Å². The first-order valence-corrected chi connectivity index (χ1v) is 5.55. The van der Waals surface area contributed by atoms with E-state index in [0.717, 1.165) is 12.8 Å². The van der Waals surface area contributed by atoms with Crippen LogP contribution in [-0.4, -0.2) is 21.9 Å². The number of rotatable bonds is 4. The maximum Gasteiger partial charge on any atom is 0.0594 e. The lowest BCUT2D eigenvalue weighted by atomic mass is 9.97. The van der Waals surface area contributed by atoms with E-state index in [1.54, 1.807) is 0 Å². The maximum absolute atomic E-state index is 9.75. The summed E-state index contributed by atoms with van der Waals surface area (Å²) in [6.07, 6.45) is 1.50. The average Bonchev–Trinajstić information content (AvgIpc) is 2.34. The van der Waals surface area contributed by atoms with Crippen LogP contribution in [0.3, 0.4) is 0 Å². The van der Waals surface area contributed by atoms with E-state index in [1.165, 1.54) is 0 Å². The Morgan fingerprint density at radius 1 is 1.29 bits per heavy atom. The number of hydrogen-bond acceptors (Lipinski definition) is 2. The highest BCUT2D eigenvalue weighted by molar-refractivity contribution is 5.06. The third-order valence-corrected chi connectivity index (χ3v) is 3.60. The van der Waals surface area contributed by atoms with Gasteiger partial charge < -0.3 is 10.2 Å². The fourth-order valence-electron chi connectivity index (χ4n) is 2.64. The van der Waals surface area contributed by atoms with Gasteiger partial charge in [-0.25, -0.2) is 0 Å². The number of aliphatic hydroxyl groups is 2. The second-order valence-corrected chi connectivity index (χ2v) is 6.14. The molecule has 2 nitrogen and oxygen atoms in total. The molecule has 0 amide bonds. The third-order valence-electron chi connectivity index (χ3n) is 3.60. The molecule has 0 saturated heterocycles. The average molecular weight is 200 g/mol. The summed E-state index contributed by atoms with van der Waals surface area (Å²) < 4.78 is 0. The topological polar surface area (TPSA) is 40.5 Å². The van der Waals surface area contributed by atoms with E-state index < -0.39 is 5.60 Å². The quantitative estimate of drug-likeness (QED) is 0.730. The highest BCUT2D eigenvalue weighted by Crippen LogP contribution is 2.63. The predicted molar refractivity (Wildman–Crippen MR) is 58.0 cm³/mol. The van der Waals surface area contributed by atoms with Gasteiger partial charge in [-0.15, -0.1) is 0 Å². The van der Waals surface area contributed by atoms with E-state index in [1.807, 2.05) is 20.8 Å². The molecule has 1 rings (SSSR count). The zero-order chi connectivity index (χ0) is 11.1. The minimum Gasteiger partial charge on any atom is -0.393 e. The van der Waals surface area contributed by atoms with Crippen LogP contribution in [0.5, 0.6) is 0 Å². The molecule has 0 bridgehead atoms. The van der Waals surface area contributed by atoms with Crippen LogP contribution < -0.4 is 0 Å². The van der Waals surface area contributed by atoms with Crippen LogP contribution in [0.2, 0.25) is 0 Å². The summed E-state index contributed by atoms with van der Waals surface area (Å²) >= 11 is 0. The normalized spacial score (nSPS) is 32.8. The van der Waals surface area contributed by atoms with Crippen LogP contribution in [0.1, 0.15) is 47.5 Å². The zero-order valence-corrected chi connectivity index (χ0v) is 10.0. The Labute approximate surface area is 87.3 Å². The molecule has 3 atom stereocenters. The maximum atomic E-state index is 9.75. The molecule has 1 aliphatic carbocycles. The molecule has 0 aliphatic heterocycles. The Bertz CT molecular complexity index is 201. The van der Waals surface area contributed by atoms with Gasteiger partial charge in [0, 0.05) is 0 Å². The molecule has 0 spiro atoms. The summed E-state index contributed by atoms with van der Waals surface area (Å²) in [6, 6.07) is 0. The summed E-state index contributed by atoms with van der Waals surface area (Å²) in [5.41, 5.74) is -0.271. The second-order valence-electron chi connectivity index (χ2n) is 6.14. The lowest BCUT2D eigenvalue weighted by Gasteiger charge is -2.17. The monoisotopic (exact) mass is 200 g/mol. The molecule has 2 N–H and O–H groups in total. The van der Waals surface area contributed by atoms with Crippen molar-refractivity contribution in [1.82, 2.24) is 0 Å². The van der Waals surface area contributed by atoms with Crippen LogP contribution in [0, 0.1) is 17.3 Å². The first-order chi connectivity index (χ1) is 6.14. The molecule has 0 heterocycles. The van der Waals surface area contributed by atoms with E-state index >= 15 is 0 Å². The van der Waals surface area contributed by atoms with Crippen molar-refractivity contribution in [2.24, 2.45) is 17.3 Å². The summed E-state index contributed by atoms with van der Waals surface area (Å²) in [5.74, 6) is 1.14. The van der Waals surface area contributed by atoms with Crippen LogP contribution in [-0.2, 0) is 0 Å². The van der Waals surface area contributed by atoms with Crippen molar-refractivity contribution in [3.8, 4) is 0 Å². The molecule has 0 unspecified atom stereocenters. The van der Waals surface area contributed by atoms with Crippen LogP contribution >= 0.6 is 0 Å². The smallest absolute Gasteiger partial charge is 0.0594 e. The minimum atomic E-state index is -0.574. The lowest BCUT2D eigenvalue weighted by molar-refractivity contribution is 0.0593. The minimum absolute atomic E-state index is 0.217. The summed E-state index contributed by atoms with van der Waals surface area (Å²) in [6.45, 7) is 10.0. The van der Waals surface area contributed by atoms with Gasteiger partial charge in [0.25, 0.3) is 0 Å². The fraction of sp³-hybridized carbons (Fsp3) is 1.00. The fourth-order valence-corrected chi connectivity index (χ4v) is 2.64. The molecule has 2 heteroatoms. The molecule has 0 aromatic heterocycles. The lowest BCUT2D eigenvalue weighted by Crippen LogP contribution is -2.20. The van der Waals surface area contributed by atoms with Crippen molar-refractivity contribution in [2.75, 3.05) is 0 Å². The van der Waals surface area contributed by atoms with Gasteiger partial charge in [0.15, 0.2) is 0 Å². The van der Waals surface area contributed by atoms with Crippen molar-refractivity contribution in [1.29, 1.82) is 0 Å². The second kappa shape index (κ2) is 3.49. The summed E-state index contributed by atoms with van der Waals surface area (Å²) in [7, 11) is 0. The number of aliphatic hydroxyl groups excluding tert-OH is 1. The van der Waals surface area contributed by atoms with Crippen molar-refractivity contribution < 1.29 is 10.2 Å². The molecular formula is C12H24O2. The molecule has 1 saturated carbocycles. The van der Waals surface area contributed by atoms with Crippen molar-refractivity contribution in [3.63, 3.8) is 0 Å². The molecule has 14 heavy (non-hydrogen) atoms. The predicted octanol–water partition coefficient (Wildman–Crippen LogP) is 2.19. The van der Waals surface area contributed by atoms with Gasteiger partial charge in [0.1, 0.15) is 0 Å². The standard InChI is InChI=1S/C12H24O2/c1-8(13)6-9-10(12(9,4)5)7-11(2,3)14/h8-10,13-14H,6-7H2,1-5H3/t8-,9-,10+/m0/s1. The molecule has 1 fully saturated rings. The van der Waals surface area contributed by atoms with E-state index in [9.17, 15) is 10.2 Å². The van der Waals surface area contributed by atoms with Gasteiger partial charge in [-0.2, -0.15) is 0 Å². The Morgan fingerprint density at radius 3 is 2.14 bits per heavy atom. The van der Waals surface area contributed by atoms with Gasteiger partial charge in [0.05, 0.1) is 11.7 Å². The Morgan fingerprint density at radius 2 is 1.79 bits per heavy atom. The van der Waals surface area contributed by atoms with Gasteiger partial charge in [-0.1, -0.05) is 13.8 Å². The number of hydrogen-bond donors (Lipinski definition) is 2. The first-order valence-electron chi connectivity index (χ1n) is 5.55. The van der Waals surface area contributed by atoms with Crippen LogP contribution in [0.15, 0.2) is 0 Å². The molecule has 1 aliphatic rings. The largest absolute Gasteiger partial charge is 0.393 e. The highest BCUT2D eigenvalue weighted by atomic mass is 16.3. The van der Waals surface area contributed by atoms with E-state index in [4.69, 9.17) is 0 Å². The van der Waals surface area contributed by atoms with E-state index in [-0.39, 0.29) is 6.10 Å². The van der Waals surface area contributed by atoms with Crippen LogP contribution in [0.25, 0.3) is 0 Å². The molecule has 0 aromatic carbocycles. The van der Waals surface area contributed by atoms with Crippen molar-refractivity contribution >= 4 is 0 Å². The highest BCUT2D eigenvalue weighted by Gasteiger charge is 2.58. The van der Waals surface area contributed by atoms with Crippen molar-refractivity contribution in [2.45, 2.75) is 59.2 Å². The zero-order valence-electron chi connectivity index (χ0n) is 10.0. The van der Waals surface area contributed by atoms with Crippen LogP contribution in [0.4, 0.5) is 0 Å². The van der Waals surface area contributed by atoms with E-state index in [2.05, 4.69) is 13.8 Å². The third kappa shape index (κ3) is 2.71. The molecule has 84 valence electrons. The molecule has 0 radical (unpaired) electrons. The first kappa shape index (κ1) is 12.0. The van der Waals surface area contributed by atoms with Gasteiger partial charge in [0.2, 0.25) is 0 Å². The Balaban J connectivity index is 2.49. The molecular weight excluding hydrogens is 176 g/mol. The molecule has 0 aromatic rings. The Kier molecular flexibility index (Phi) is 2.99. The van der Waals surface area contributed by atoms with Gasteiger partial charge >= 0.3 is 0 Å². The van der Waals surface area contributed by atoms with Gasteiger partial charge in [-0.05, 0) is 50.9 Å². The van der Waals surface area contributed by atoms with Crippen molar-refractivity contribution in [3.05, 3.63) is 0 Å². The summed E-state index contributed by atoms with van der Waals surface area (Å²) in [5, 5.41) is 19.1. The Hall–Kier alpha value is -0.0800. The SMILES string of the molecule is C[C@H](O)C[C@H]1[C@@H](CC(C)(C)O)C1(C)C. The van der Waals surface area contributed by atoms with E-state index in [0.29, 0.717) is 17.3 Å². The summed E-state index contributed by atoms with van der Waals surface area (Å²) in [4.78, 5) is 0.